The van der Waals surface area contributed by atoms with E-state index in [0.717, 1.165) is 25.2 Å². The number of guanidine groups is 1. The summed E-state index contributed by atoms with van der Waals surface area (Å²) < 4.78 is 50.1. The zero-order chi connectivity index (χ0) is 19.0. The minimum Gasteiger partial charge on any atom is -0.370 e. The predicted molar refractivity (Wildman–Crippen MR) is 93.9 cm³/mol. The van der Waals surface area contributed by atoms with Gasteiger partial charge >= 0.3 is 0 Å². The van der Waals surface area contributed by atoms with E-state index in [1.54, 1.807) is 0 Å². The van der Waals surface area contributed by atoms with Gasteiger partial charge in [-0.25, -0.2) is 16.8 Å². The van der Waals surface area contributed by atoms with Crippen molar-refractivity contribution in [1.29, 1.82) is 0 Å². The summed E-state index contributed by atoms with van der Waals surface area (Å²) in [7, 11) is -7.71. The molecule has 138 valence electrons. The number of rotatable bonds is 4. The van der Waals surface area contributed by atoms with Crippen molar-refractivity contribution in [3.63, 3.8) is 0 Å². The largest absolute Gasteiger partial charge is 0.370 e. The molecular formula is C15H21N3O5S2. The highest BCUT2D eigenvalue weighted by atomic mass is 32.2. The first-order valence-electron chi connectivity index (χ1n) is 7.67. The van der Waals surface area contributed by atoms with Gasteiger partial charge in [-0.05, 0) is 37.5 Å². The number of sulfone groups is 2. The molecule has 0 bridgehead atoms. The summed E-state index contributed by atoms with van der Waals surface area (Å²) >= 11 is 0. The average molecular weight is 387 g/mol. The standard InChI is InChI=1S/C15H21N3O5S2/c1-9-7-13(25(22,23)10-5-3-4-6-10)12(24(2,20)21)8-11(9)14(19)18-15(16)17/h7-8,10H,3-6H2,1-2H3,(H4,16,17,18,19). The van der Waals surface area contributed by atoms with E-state index in [1.165, 1.54) is 13.0 Å². The fraction of sp³-hybridized carbons (Fsp3) is 0.467. The van der Waals surface area contributed by atoms with Crippen LogP contribution < -0.4 is 11.5 Å². The Kier molecular flexibility index (Phi) is 5.24. The highest BCUT2D eigenvalue weighted by Gasteiger charge is 2.35. The van der Waals surface area contributed by atoms with Crippen molar-refractivity contribution in [2.75, 3.05) is 6.26 Å². The monoisotopic (exact) mass is 387 g/mol. The van der Waals surface area contributed by atoms with E-state index < -0.39 is 41.7 Å². The molecular weight excluding hydrogens is 366 g/mol. The molecule has 1 aromatic carbocycles. The quantitative estimate of drug-likeness (QED) is 0.565. The molecule has 1 saturated carbocycles. The molecule has 10 heteroatoms. The summed E-state index contributed by atoms with van der Waals surface area (Å²) in [6.07, 6.45) is 3.48. The number of benzene rings is 1. The third-order valence-electron chi connectivity index (χ3n) is 4.20. The fourth-order valence-electron chi connectivity index (χ4n) is 2.96. The van der Waals surface area contributed by atoms with Crippen LogP contribution in [0.5, 0.6) is 0 Å². The number of carbonyl (C=O) groups excluding carboxylic acids is 1. The Balaban J connectivity index is 2.72. The lowest BCUT2D eigenvalue weighted by atomic mass is 10.1. The Bertz CT molecular complexity index is 940. The molecule has 2 rings (SSSR count). The maximum atomic E-state index is 12.9. The summed E-state index contributed by atoms with van der Waals surface area (Å²) in [6, 6.07) is 2.26. The number of carbonyl (C=O) groups is 1. The lowest BCUT2D eigenvalue weighted by Crippen LogP contribution is -2.25. The Morgan fingerprint density at radius 1 is 1.08 bits per heavy atom. The van der Waals surface area contributed by atoms with Crippen LogP contribution in [0.4, 0.5) is 0 Å². The molecule has 8 nitrogen and oxygen atoms in total. The van der Waals surface area contributed by atoms with Crippen LogP contribution in [0.1, 0.15) is 41.6 Å². The Morgan fingerprint density at radius 3 is 2.12 bits per heavy atom. The first kappa shape index (κ1) is 19.4. The van der Waals surface area contributed by atoms with Crippen molar-refractivity contribution in [3.05, 3.63) is 23.3 Å². The van der Waals surface area contributed by atoms with E-state index in [-0.39, 0.29) is 10.5 Å². The van der Waals surface area contributed by atoms with Crippen LogP contribution in [0.2, 0.25) is 0 Å². The van der Waals surface area contributed by atoms with Crippen molar-refractivity contribution in [1.82, 2.24) is 0 Å². The molecule has 1 aliphatic carbocycles. The Hall–Kier alpha value is -1.94. The maximum absolute atomic E-state index is 12.9. The third-order valence-corrected chi connectivity index (χ3v) is 7.76. The van der Waals surface area contributed by atoms with Crippen LogP contribution in [0.15, 0.2) is 26.9 Å². The second kappa shape index (κ2) is 6.75. The van der Waals surface area contributed by atoms with Gasteiger partial charge in [0.05, 0.1) is 15.0 Å². The van der Waals surface area contributed by atoms with Gasteiger partial charge in [0.1, 0.15) is 0 Å². The molecule has 1 aromatic rings. The van der Waals surface area contributed by atoms with E-state index in [9.17, 15) is 21.6 Å². The molecule has 0 aromatic heterocycles. The SMILES string of the molecule is Cc1cc(S(=O)(=O)C2CCCC2)c(S(C)(=O)=O)cc1C(=O)N=C(N)N. The molecule has 0 heterocycles. The molecule has 0 unspecified atom stereocenters. The average Bonchev–Trinajstić information content (AvgIpc) is 2.99. The van der Waals surface area contributed by atoms with Gasteiger partial charge < -0.3 is 11.5 Å². The van der Waals surface area contributed by atoms with Gasteiger partial charge in [0.2, 0.25) is 0 Å². The first-order chi connectivity index (χ1) is 11.4. The summed E-state index contributed by atoms with van der Waals surface area (Å²) in [5, 5.41) is -0.605. The van der Waals surface area contributed by atoms with E-state index in [2.05, 4.69) is 4.99 Å². The van der Waals surface area contributed by atoms with Gasteiger partial charge in [0.25, 0.3) is 5.91 Å². The maximum Gasteiger partial charge on any atom is 0.280 e. The smallest absolute Gasteiger partial charge is 0.280 e. The number of amides is 1. The second-order valence-electron chi connectivity index (χ2n) is 6.18. The van der Waals surface area contributed by atoms with Crippen molar-refractivity contribution in [2.24, 2.45) is 16.5 Å². The number of aliphatic imine (C=N–C) groups is 1. The molecule has 0 radical (unpaired) electrons. The van der Waals surface area contributed by atoms with E-state index in [1.807, 2.05) is 0 Å². The summed E-state index contributed by atoms with van der Waals surface area (Å²) in [5.41, 5.74) is 10.6. The topological polar surface area (TPSA) is 150 Å². The number of hydrogen-bond acceptors (Lipinski definition) is 5. The van der Waals surface area contributed by atoms with E-state index >= 15 is 0 Å². The predicted octanol–water partition coefficient (Wildman–Crippen LogP) is 0.528. The Morgan fingerprint density at radius 2 is 1.64 bits per heavy atom. The molecule has 25 heavy (non-hydrogen) atoms. The molecule has 1 aliphatic rings. The van der Waals surface area contributed by atoms with Gasteiger partial charge in [-0.2, -0.15) is 4.99 Å². The summed E-state index contributed by atoms with van der Waals surface area (Å²) in [6.45, 7) is 1.51. The van der Waals surface area contributed by atoms with E-state index in [0.29, 0.717) is 18.4 Å². The van der Waals surface area contributed by atoms with Crippen LogP contribution in [-0.4, -0.2) is 40.2 Å². The number of aryl methyl sites for hydroxylation is 1. The van der Waals surface area contributed by atoms with E-state index in [4.69, 9.17) is 11.5 Å². The van der Waals surface area contributed by atoms with Crippen molar-refractivity contribution < 1.29 is 21.6 Å². The van der Waals surface area contributed by atoms with Gasteiger partial charge in [0.15, 0.2) is 25.6 Å². The molecule has 0 saturated heterocycles. The van der Waals surface area contributed by atoms with Crippen LogP contribution in [0, 0.1) is 6.92 Å². The highest BCUT2D eigenvalue weighted by Crippen LogP contribution is 2.34. The lowest BCUT2D eigenvalue weighted by molar-refractivity contribution is 0.100. The van der Waals surface area contributed by atoms with Crippen LogP contribution in [-0.2, 0) is 19.7 Å². The zero-order valence-electron chi connectivity index (χ0n) is 14.0. The van der Waals surface area contributed by atoms with Crippen molar-refractivity contribution in [2.45, 2.75) is 47.6 Å². The van der Waals surface area contributed by atoms with Crippen molar-refractivity contribution in [3.8, 4) is 0 Å². The normalized spacial score (nSPS) is 15.9. The minimum absolute atomic E-state index is 0.0563. The van der Waals surface area contributed by atoms with Gasteiger partial charge in [-0.1, -0.05) is 12.8 Å². The molecule has 1 amide bonds. The number of nitrogens with zero attached hydrogens (tertiary/aromatic N) is 1. The number of hydrogen-bond donors (Lipinski definition) is 2. The second-order valence-corrected chi connectivity index (χ2v) is 10.4. The Labute approximate surface area is 147 Å². The lowest BCUT2D eigenvalue weighted by Gasteiger charge is -2.16. The summed E-state index contributed by atoms with van der Waals surface area (Å²) in [4.78, 5) is 14.8. The van der Waals surface area contributed by atoms with Crippen molar-refractivity contribution >= 4 is 31.5 Å². The first-order valence-corrected chi connectivity index (χ1v) is 11.1. The molecule has 0 atom stereocenters. The van der Waals surface area contributed by atoms with Crippen LogP contribution in [0.25, 0.3) is 0 Å². The number of nitrogens with two attached hydrogens (primary N) is 2. The van der Waals surface area contributed by atoms with Gasteiger partial charge in [-0.15, -0.1) is 0 Å². The van der Waals surface area contributed by atoms with Gasteiger partial charge in [0, 0.05) is 11.8 Å². The zero-order valence-corrected chi connectivity index (χ0v) is 15.7. The molecule has 4 N–H and O–H groups in total. The highest BCUT2D eigenvalue weighted by molar-refractivity contribution is 7.94. The third kappa shape index (κ3) is 4.01. The minimum atomic E-state index is -3.89. The molecule has 1 fully saturated rings. The summed E-state index contributed by atoms with van der Waals surface area (Å²) in [5.74, 6) is -1.29. The van der Waals surface area contributed by atoms with Crippen LogP contribution in [0.3, 0.4) is 0 Å². The molecule has 0 aliphatic heterocycles. The fourth-order valence-corrected chi connectivity index (χ4v) is 6.51. The molecule has 0 spiro atoms. The van der Waals surface area contributed by atoms with Gasteiger partial charge in [-0.3, -0.25) is 4.79 Å². The van der Waals surface area contributed by atoms with Crippen LogP contribution >= 0.6 is 0 Å².